The molecular formula is C19H22F3N3O3. The topological polar surface area (TPSA) is 82.4 Å². The Morgan fingerprint density at radius 1 is 1.21 bits per heavy atom. The van der Waals surface area contributed by atoms with Crippen molar-refractivity contribution in [3.8, 4) is 6.07 Å². The van der Waals surface area contributed by atoms with E-state index in [0.29, 0.717) is 0 Å². The number of nitrogens with one attached hydrogen (secondary N) is 1. The lowest BCUT2D eigenvalue weighted by Crippen LogP contribution is -2.55. The fourth-order valence-corrected chi connectivity index (χ4v) is 2.79. The van der Waals surface area contributed by atoms with Crippen LogP contribution < -0.4 is 5.32 Å². The van der Waals surface area contributed by atoms with Crippen LogP contribution in [0.2, 0.25) is 0 Å². The lowest BCUT2D eigenvalue weighted by atomic mass is 9.88. The number of carbonyl (C=O) groups excluding carboxylic acids is 2. The molecule has 0 radical (unpaired) electrons. The highest BCUT2D eigenvalue weighted by Gasteiger charge is 2.39. The predicted octanol–water partition coefficient (Wildman–Crippen LogP) is 3.73. The summed E-state index contributed by atoms with van der Waals surface area (Å²) in [4.78, 5) is 26.0. The first-order valence-electron chi connectivity index (χ1n) is 8.74. The maximum atomic E-state index is 12.8. The number of piperidine rings is 1. The third kappa shape index (κ3) is 5.38. The number of ether oxygens (including phenoxy) is 1. The molecule has 0 saturated carbocycles. The Bertz CT molecular complexity index is 786. The monoisotopic (exact) mass is 397 g/mol. The van der Waals surface area contributed by atoms with Crippen molar-refractivity contribution in [1.29, 1.82) is 5.26 Å². The number of likely N-dealkylation sites (tertiary alicyclic amines) is 1. The molecule has 2 rings (SSSR count). The second kappa shape index (κ2) is 7.70. The molecule has 1 aromatic rings. The van der Waals surface area contributed by atoms with E-state index in [9.17, 15) is 28.0 Å². The van der Waals surface area contributed by atoms with Gasteiger partial charge in [0, 0.05) is 31.5 Å². The zero-order chi connectivity index (χ0) is 21.2. The number of rotatable bonds is 2. The Morgan fingerprint density at radius 3 is 2.32 bits per heavy atom. The maximum Gasteiger partial charge on any atom is 0.416 e. The summed E-state index contributed by atoms with van der Waals surface area (Å²) in [5.41, 5.74) is -3.03. The number of amides is 2. The zero-order valence-corrected chi connectivity index (χ0v) is 15.9. The van der Waals surface area contributed by atoms with Crippen LogP contribution in [0.4, 0.5) is 18.0 Å². The zero-order valence-electron chi connectivity index (χ0n) is 15.9. The van der Waals surface area contributed by atoms with Crippen molar-refractivity contribution in [3.05, 3.63) is 35.4 Å². The SMILES string of the molecule is CC(C)(C)OC(=O)N1CCC(C#N)(NC(=O)c2cccc(C(F)(F)F)c2)CC1. The molecule has 1 N–H and O–H groups in total. The third-order valence-electron chi connectivity index (χ3n) is 4.29. The molecule has 1 aliphatic rings. The summed E-state index contributed by atoms with van der Waals surface area (Å²) in [6, 6.07) is 6.05. The van der Waals surface area contributed by atoms with Gasteiger partial charge in [0.15, 0.2) is 0 Å². The minimum atomic E-state index is -4.57. The lowest BCUT2D eigenvalue weighted by molar-refractivity contribution is -0.137. The third-order valence-corrected chi connectivity index (χ3v) is 4.29. The van der Waals surface area contributed by atoms with Crippen LogP contribution in [0, 0.1) is 11.3 Å². The maximum absolute atomic E-state index is 12.8. The molecular weight excluding hydrogens is 375 g/mol. The van der Waals surface area contributed by atoms with Crippen molar-refractivity contribution in [2.45, 2.75) is 50.9 Å². The van der Waals surface area contributed by atoms with Crippen LogP contribution >= 0.6 is 0 Å². The molecule has 152 valence electrons. The average Bonchev–Trinajstić information content (AvgIpc) is 2.60. The first kappa shape index (κ1) is 21.5. The molecule has 0 bridgehead atoms. The van der Waals surface area contributed by atoms with Crippen molar-refractivity contribution >= 4 is 12.0 Å². The predicted molar refractivity (Wildman–Crippen MR) is 94.3 cm³/mol. The van der Waals surface area contributed by atoms with E-state index in [1.165, 1.54) is 11.0 Å². The second-order valence-corrected chi connectivity index (χ2v) is 7.69. The first-order valence-corrected chi connectivity index (χ1v) is 8.74. The molecule has 9 heteroatoms. The number of alkyl halides is 3. The Labute approximate surface area is 161 Å². The molecule has 1 aliphatic heterocycles. The molecule has 28 heavy (non-hydrogen) atoms. The van der Waals surface area contributed by atoms with Gasteiger partial charge in [-0.1, -0.05) is 6.07 Å². The largest absolute Gasteiger partial charge is 0.444 e. The van der Waals surface area contributed by atoms with Crippen molar-refractivity contribution in [1.82, 2.24) is 10.2 Å². The van der Waals surface area contributed by atoms with Gasteiger partial charge in [0.1, 0.15) is 11.1 Å². The molecule has 6 nitrogen and oxygen atoms in total. The van der Waals surface area contributed by atoms with E-state index >= 15 is 0 Å². The van der Waals surface area contributed by atoms with E-state index < -0.39 is 34.9 Å². The quantitative estimate of drug-likeness (QED) is 0.824. The number of benzene rings is 1. The van der Waals surface area contributed by atoms with Crippen molar-refractivity contribution in [3.63, 3.8) is 0 Å². The minimum absolute atomic E-state index is 0.146. The molecule has 0 unspecified atom stereocenters. The summed E-state index contributed by atoms with van der Waals surface area (Å²) in [6.45, 7) is 5.59. The van der Waals surface area contributed by atoms with Gasteiger partial charge in [-0.25, -0.2) is 4.79 Å². The summed E-state index contributed by atoms with van der Waals surface area (Å²) in [6.07, 6.45) is -4.79. The smallest absolute Gasteiger partial charge is 0.416 e. The van der Waals surface area contributed by atoms with Crippen molar-refractivity contribution in [2.24, 2.45) is 0 Å². The molecule has 0 atom stereocenters. The fraction of sp³-hybridized carbons (Fsp3) is 0.526. The highest BCUT2D eigenvalue weighted by atomic mass is 19.4. The Balaban J connectivity index is 2.06. The van der Waals surface area contributed by atoms with Gasteiger partial charge in [-0.2, -0.15) is 18.4 Å². The number of nitrogens with zero attached hydrogens (tertiary/aromatic N) is 2. The highest BCUT2D eigenvalue weighted by molar-refractivity contribution is 5.95. The standard InChI is InChI=1S/C19H22F3N3O3/c1-17(2,3)28-16(27)25-9-7-18(12-23,8-10-25)24-15(26)13-5-4-6-14(11-13)19(20,21)22/h4-6,11H,7-10H2,1-3H3,(H,24,26). The Kier molecular flexibility index (Phi) is 5.92. The molecule has 1 heterocycles. The van der Waals surface area contributed by atoms with E-state index in [4.69, 9.17) is 4.74 Å². The van der Waals surface area contributed by atoms with E-state index in [-0.39, 0.29) is 31.5 Å². The van der Waals surface area contributed by atoms with Crippen LogP contribution in [0.3, 0.4) is 0 Å². The van der Waals surface area contributed by atoms with Gasteiger partial charge in [-0.3, -0.25) is 4.79 Å². The van der Waals surface area contributed by atoms with Gasteiger partial charge >= 0.3 is 12.3 Å². The normalized spacial score (nSPS) is 16.8. The van der Waals surface area contributed by atoms with E-state index in [1.54, 1.807) is 20.8 Å². The molecule has 0 aromatic heterocycles. The van der Waals surface area contributed by atoms with Crippen LogP contribution in [0.15, 0.2) is 24.3 Å². The average molecular weight is 397 g/mol. The second-order valence-electron chi connectivity index (χ2n) is 7.69. The number of hydrogen-bond acceptors (Lipinski definition) is 4. The minimum Gasteiger partial charge on any atom is -0.444 e. The van der Waals surface area contributed by atoms with E-state index in [1.807, 2.05) is 6.07 Å². The summed E-state index contributed by atoms with van der Waals surface area (Å²) >= 11 is 0. The molecule has 1 saturated heterocycles. The number of hydrogen-bond donors (Lipinski definition) is 1. The summed E-state index contributed by atoms with van der Waals surface area (Å²) in [5, 5.41) is 12.1. The number of carbonyl (C=O) groups is 2. The molecule has 0 spiro atoms. The van der Waals surface area contributed by atoms with Gasteiger partial charge in [-0.05, 0) is 39.0 Å². The van der Waals surface area contributed by atoms with E-state index in [2.05, 4.69) is 5.32 Å². The summed E-state index contributed by atoms with van der Waals surface area (Å²) < 4.78 is 43.8. The van der Waals surface area contributed by atoms with Crippen LogP contribution in [0.25, 0.3) is 0 Å². The molecule has 1 fully saturated rings. The van der Waals surface area contributed by atoms with Gasteiger partial charge in [-0.15, -0.1) is 0 Å². The number of nitriles is 1. The van der Waals surface area contributed by atoms with Crippen molar-refractivity contribution < 1.29 is 27.5 Å². The van der Waals surface area contributed by atoms with Crippen LogP contribution in [0.5, 0.6) is 0 Å². The van der Waals surface area contributed by atoms with Crippen LogP contribution in [-0.4, -0.2) is 41.1 Å². The fourth-order valence-electron chi connectivity index (χ4n) is 2.79. The molecule has 2 amide bonds. The van der Waals surface area contributed by atoms with Gasteiger partial charge in [0.05, 0.1) is 11.6 Å². The first-order chi connectivity index (χ1) is 12.9. The number of halogens is 3. The van der Waals surface area contributed by atoms with Gasteiger partial charge in [0.25, 0.3) is 5.91 Å². The summed E-state index contributed by atoms with van der Waals surface area (Å²) in [5.74, 6) is -0.765. The molecule has 0 aliphatic carbocycles. The van der Waals surface area contributed by atoms with Crippen LogP contribution in [-0.2, 0) is 10.9 Å². The van der Waals surface area contributed by atoms with Gasteiger partial charge in [0.2, 0.25) is 0 Å². The van der Waals surface area contributed by atoms with Crippen LogP contribution in [0.1, 0.15) is 49.5 Å². The van der Waals surface area contributed by atoms with Gasteiger partial charge < -0.3 is 15.0 Å². The summed E-state index contributed by atoms with van der Waals surface area (Å²) in [7, 11) is 0. The van der Waals surface area contributed by atoms with E-state index in [0.717, 1.165) is 18.2 Å². The highest BCUT2D eigenvalue weighted by Crippen LogP contribution is 2.30. The molecule has 1 aromatic carbocycles. The Hall–Kier alpha value is -2.76. The lowest BCUT2D eigenvalue weighted by Gasteiger charge is -2.38. The van der Waals surface area contributed by atoms with Crippen molar-refractivity contribution in [2.75, 3.05) is 13.1 Å². The Morgan fingerprint density at radius 2 is 1.82 bits per heavy atom.